The van der Waals surface area contributed by atoms with E-state index in [-0.39, 0.29) is 11.2 Å². The van der Waals surface area contributed by atoms with E-state index in [4.69, 9.17) is 4.74 Å². The van der Waals surface area contributed by atoms with Gasteiger partial charge >= 0.3 is 5.69 Å². The zero-order valence-corrected chi connectivity index (χ0v) is 11.8. The second-order valence-corrected chi connectivity index (χ2v) is 4.54. The lowest BCUT2D eigenvalue weighted by Gasteiger charge is -2.11. The minimum Gasteiger partial charge on any atom is -0.385 e. The van der Waals surface area contributed by atoms with Gasteiger partial charge in [0.15, 0.2) is 5.65 Å². The SMILES string of the molecule is COCCCNc1ccnc2c1c(=O)n(C)c(=O)n2C. The minimum atomic E-state index is -0.383. The Hall–Kier alpha value is -2.15. The Morgan fingerprint density at radius 3 is 2.75 bits per heavy atom. The Balaban J connectivity index is 2.52. The third-order valence-corrected chi connectivity index (χ3v) is 3.18. The zero-order valence-electron chi connectivity index (χ0n) is 11.8. The van der Waals surface area contributed by atoms with Crippen molar-refractivity contribution in [3.63, 3.8) is 0 Å². The summed E-state index contributed by atoms with van der Waals surface area (Å²) in [4.78, 5) is 28.3. The molecule has 0 bridgehead atoms. The molecule has 0 aliphatic rings. The molecule has 2 rings (SSSR count). The number of anilines is 1. The molecule has 0 atom stereocenters. The predicted octanol–water partition coefficient (Wildman–Crippen LogP) is 0.0806. The standard InChI is InChI=1S/C13H18N4O3/c1-16-11-10(12(18)17(2)13(16)19)9(5-7-15-11)14-6-4-8-20-3/h5,7H,4,6,8H2,1-3H3,(H,14,15). The molecule has 2 aromatic rings. The maximum absolute atomic E-state index is 12.3. The summed E-state index contributed by atoms with van der Waals surface area (Å²) in [5, 5.41) is 3.61. The van der Waals surface area contributed by atoms with Crippen molar-refractivity contribution < 1.29 is 4.74 Å². The number of aromatic nitrogens is 3. The fraction of sp³-hybridized carbons (Fsp3) is 0.462. The van der Waals surface area contributed by atoms with Crippen molar-refractivity contribution in [1.82, 2.24) is 14.1 Å². The van der Waals surface area contributed by atoms with E-state index in [2.05, 4.69) is 10.3 Å². The number of rotatable bonds is 5. The highest BCUT2D eigenvalue weighted by atomic mass is 16.5. The van der Waals surface area contributed by atoms with Crippen LogP contribution in [-0.4, -0.2) is 34.4 Å². The van der Waals surface area contributed by atoms with Crippen LogP contribution in [0.1, 0.15) is 6.42 Å². The van der Waals surface area contributed by atoms with Crippen LogP contribution in [0.3, 0.4) is 0 Å². The molecule has 0 amide bonds. The van der Waals surface area contributed by atoms with E-state index in [1.807, 2.05) is 0 Å². The van der Waals surface area contributed by atoms with Gasteiger partial charge < -0.3 is 10.1 Å². The van der Waals surface area contributed by atoms with Gasteiger partial charge in [-0.1, -0.05) is 0 Å². The number of nitrogens with zero attached hydrogens (tertiary/aromatic N) is 3. The molecule has 1 N–H and O–H groups in total. The molecule has 2 aromatic heterocycles. The van der Waals surface area contributed by atoms with E-state index in [0.29, 0.717) is 29.9 Å². The average molecular weight is 278 g/mol. The van der Waals surface area contributed by atoms with Crippen LogP contribution in [0.5, 0.6) is 0 Å². The van der Waals surface area contributed by atoms with Gasteiger partial charge in [0.2, 0.25) is 0 Å². The smallest absolute Gasteiger partial charge is 0.332 e. The second-order valence-electron chi connectivity index (χ2n) is 4.54. The van der Waals surface area contributed by atoms with Crippen molar-refractivity contribution in [2.45, 2.75) is 6.42 Å². The van der Waals surface area contributed by atoms with Gasteiger partial charge in [0.05, 0.1) is 5.69 Å². The van der Waals surface area contributed by atoms with Gasteiger partial charge in [-0.25, -0.2) is 9.78 Å². The fourth-order valence-corrected chi connectivity index (χ4v) is 2.07. The third kappa shape index (κ3) is 2.44. The zero-order chi connectivity index (χ0) is 14.7. The normalized spacial score (nSPS) is 10.9. The van der Waals surface area contributed by atoms with Crippen LogP contribution in [0.2, 0.25) is 0 Å². The van der Waals surface area contributed by atoms with Crippen molar-refractivity contribution >= 4 is 16.7 Å². The Labute approximate surface area is 115 Å². The van der Waals surface area contributed by atoms with E-state index in [0.717, 1.165) is 11.0 Å². The Kier molecular flexibility index (Phi) is 4.19. The first-order chi connectivity index (χ1) is 9.57. The van der Waals surface area contributed by atoms with E-state index >= 15 is 0 Å². The van der Waals surface area contributed by atoms with E-state index in [1.165, 1.54) is 11.6 Å². The molecule has 0 radical (unpaired) electrons. The van der Waals surface area contributed by atoms with Gasteiger partial charge in [0.25, 0.3) is 5.56 Å². The van der Waals surface area contributed by atoms with E-state index in [1.54, 1.807) is 26.4 Å². The summed E-state index contributed by atoms with van der Waals surface area (Å²) in [6.45, 7) is 1.32. The predicted molar refractivity (Wildman–Crippen MR) is 77.2 cm³/mol. The molecule has 0 saturated heterocycles. The molecule has 2 heterocycles. The van der Waals surface area contributed by atoms with Gasteiger partial charge in [-0.2, -0.15) is 0 Å². The quantitative estimate of drug-likeness (QED) is 0.784. The molecule has 0 aromatic carbocycles. The molecule has 0 fully saturated rings. The van der Waals surface area contributed by atoms with Gasteiger partial charge in [-0.05, 0) is 12.5 Å². The summed E-state index contributed by atoms with van der Waals surface area (Å²) >= 11 is 0. The molecular weight excluding hydrogens is 260 g/mol. The topological polar surface area (TPSA) is 78.2 Å². The number of pyridine rings is 1. The monoisotopic (exact) mass is 278 g/mol. The molecule has 0 aliphatic heterocycles. The Morgan fingerprint density at radius 1 is 1.30 bits per heavy atom. The van der Waals surface area contributed by atoms with Crippen LogP contribution in [0.15, 0.2) is 21.9 Å². The number of aryl methyl sites for hydroxylation is 1. The van der Waals surface area contributed by atoms with Crippen molar-refractivity contribution in [3.8, 4) is 0 Å². The molecule has 0 spiro atoms. The van der Waals surface area contributed by atoms with Crippen LogP contribution in [0.25, 0.3) is 11.0 Å². The highest BCUT2D eigenvalue weighted by Crippen LogP contribution is 2.16. The lowest BCUT2D eigenvalue weighted by atomic mass is 10.2. The van der Waals surface area contributed by atoms with E-state index < -0.39 is 0 Å². The average Bonchev–Trinajstić information content (AvgIpc) is 2.47. The molecule has 0 saturated carbocycles. The summed E-state index contributed by atoms with van der Waals surface area (Å²) in [7, 11) is 4.71. The maximum atomic E-state index is 12.3. The number of hydrogen-bond donors (Lipinski definition) is 1. The summed E-state index contributed by atoms with van der Waals surface area (Å²) < 4.78 is 7.44. The third-order valence-electron chi connectivity index (χ3n) is 3.18. The number of methoxy groups -OCH3 is 1. The van der Waals surface area contributed by atoms with Crippen LogP contribution in [-0.2, 0) is 18.8 Å². The molecule has 0 unspecified atom stereocenters. The number of nitrogens with one attached hydrogen (secondary N) is 1. The lowest BCUT2D eigenvalue weighted by Crippen LogP contribution is -2.37. The number of ether oxygens (including phenoxy) is 1. The largest absolute Gasteiger partial charge is 0.385 e. The van der Waals surface area contributed by atoms with Crippen LogP contribution in [0.4, 0.5) is 5.69 Å². The molecule has 20 heavy (non-hydrogen) atoms. The summed E-state index contributed by atoms with van der Waals surface area (Å²) in [5.41, 5.74) is 0.342. The number of fused-ring (bicyclic) bond motifs is 1. The molecule has 7 nitrogen and oxygen atoms in total. The number of hydrogen-bond acceptors (Lipinski definition) is 5. The lowest BCUT2D eigenvalue weighted by molar-refractivity contribution is 0.198. The fourth-order valence-electron chi connectivity index (χ4n) is 2.07. The highest BCUT2D eigenvalue weighted by Gasteiger charge is 2.12. The molecule has 7 heteroatoms. The second kappa shape index (κ2) is 5.87. The van der Waals surface area contributed by atoms with Gasteiger partial charge in [0, 0.05) is 40.6 Å². The van der Waals surface area contributed by atoms with Gasteiger partial charge in [-0.3, -0.25) is 13.9 Å². The summed E-state index contributed by atoms with van der Waals surface area (Å²) in [6.07, 6.45) is 2.41. The van der Waals surface area contributed by atoms with Crippen LogP contribution >= 0.6 is 0 Å². The Morgan fingerprint density at radius 2 is 2.05 bits per heavy atom. The maximum Gasteiger partial charge on any atom is 0.332 e. The first kappa shape index (κ1) is 14.3. The van der Waals surface area contributed by atoms with Crippen molar-refractivity contribution in [1.29, 1.82) is 0 Å². The van der Waals surface area contributed by atoms with Crippen LogP contribution < -0.4 is 16.6 Å². The summed E-state index contributed by atoms with van der Waals surface area (Å²) in [5.74, 6) is 0. The first-order valence-corrected chi connectivity index (χ1v) is 6.35. The summed E-state index contributed by atoms with van der Waals surface area (Å²) in [6, 6.07) is 1.74. The molecule has 0 aliphatic carbocycles. The Bertz CT molecular complexity index is 733. The van der Waals surface area contributed by atoms with Crippen molar-refractivity contribution in [2.75, 3.05) is 25.6 Å². The minimum absolute atomic E-state index is 0.342. The highest BCUT2D eigenvalue weighted by molar-refractivity contribution is 5.87. The van der Waals surface area contributed by atoms with Crippen molar-refractivity contribution in [2.24, 2.45) is 14.1 Å². The van der Waals surface area contributed by atoms with Crippen LogP contribution in [0, 0.1) is 0 Å². The first-order valence-electron chi connectivity index (χ1n) is 6.35. The van der Waals surface area contributed by atoms with Gasteiger partial charge in [0.1, 0.15) is 5.39 Å². The van der Waals surface area contributed by atoms with E-state index in [9.17, 15) is 9.59 Å². The van der Waals surface area contributed by atoms with Gasteiger partial charge in [-0.15, -0.1) is 0 Å². The molecule has 108 valence electrons. The van der Waals surface area contributed by atoms with Crippen molar-refractivity contribution in [3.05, 3.63) is 33.1 Å². The molecular formula is C13H18N4O3.